The van der Waals surface area contributed by atoms with Gasteiger partial charge in [-0.3, -0.25) is 4.79 Å². The maximum Gasteiger partial charge on any atom is 0.242 e. The number of carbonyl (C=O) groups excluding carboxylic acids is 1. The zero-order valence-electron chi connectivity index (χ0n) is 11.9. The van der Waals surface area contributed by atoms with E-state index in [-0.39, 0.29) is 18.3 Å². The predicted octanol–water partition coefficient (Wildman–Crippen LogP) is 2.29. The van der Waals surface area contributed by atoms with Gasteiger partial charge in [0, 0.05) is 36.9 Å². The highest BCUT2D eigenvalue weighted by molar-refractivity contribution is 6.30. The smallest absolute Gasteiger partial charge is 0.242 e. The highest BCUT2D eigenvalue weighted by Crippen LogP contribution is 2.31. The maximum absolute atomic E-state index is 12.4. The van der Waals surface area contributed by atoms with Crippen molar-refractivity contribution in [3.05, 3.63) is 29.3 Å². The van der Waals surface area contributed by atoms with Gasteiger partial charge in [0.2, 0.25) is 5.91 Å². The quantitative estimate of drug-likeness (QED) is 0.905. The van der Waals surface area contributed by atoms with Gasteiger partial charge in [-0.25, -0.2) is 0 Å². The Morgan fingerprint density at radius 3 is 2.38 bits per heavy atom. The van der Waals surface area contributed by atoms with E-state index in [9.17, 15) is 4.79 Å². The lowest BCUT2D eigenvalue weighted by molar-refractivity contribution is -0.140. The lowest BCUT2D eigenvalue weighted by Gasteiger charge is -2.43. The van der Waals surface area contributed by atoms with Gasteiger partial charge in [-0.1, -0.05) is 17.7 Å². The summed E-state index contributed by atoms with van der Waals surface area (Å²) in [6.45, 7) is 3.15. The normalized spacial score (nSPS) is 20.5. The molecule has 6 heteroatoms. The third-order valence-corrected chi connectivity index (χ3v) is 4.65. The Morgan fingerprint density at radius 2 is 1.86 bits per heavy atom. The van der Waals surface area contributed by atoms with Gasteiger partial charge in [-0.2, -0.15) is 0 Å². The van der Waals surface area contributed by atoms with Crippen molar-refractivity contribution >= 4 is 35.6 Å². The maximum atomic E-state index is 12.4. The Balaban J connectivity index is 0.00000161. The lowest BCUT2D eigenvalue weighted by atomic mass is 9.76. The fourth-order valence-electron chi connectivity index (χ4n) is 2.93. The highest BCUT2D eigenvalue weighted by Gasteiger charge is 2.43. The summed E-state index contributed by atoms with van der Waals surface area (Å²) >= 11 is 6.02. The summed E-state index contributed by atoms with van der Waals surface area (Å²) in [5.41, 5.74) is 6.67. The molecule has 1 heterocycles. The van der Waals surface area contributed by atoms with E-state index in [0.29, 0.717) is 0 Å². The number of piperazine rings is 1. The molecule has 1 aliphatic heterocycles. The summed E-state index contributed by atoms with van der Waals surface area (Å²) < 4.78 is 0. The number of amides is 1. The first kappa shape index (κ1) is 16.4. The summed E-state index contributed by atoms with van der Waals surface area (Å²) in [6.07, 6.45) is 2.74. The van der Waals surface area contributed by atoms with Crippen molar-refractivity contribution in [2.45, 2.75) is 24.8 Å². The number of hydrogen-bond acceptors (Lipinski definition) is 3. The van der Waals surface area contributed by atoms with Gasteiger partial charge >= 0.3 is 0 Å². The second-order valence-electron chi connectivity index (χ2n) is 5.77. The zero-order valence-corrected chi connectivity index (χ0v) is 13.5. The van der Waals surface area contributed by atoms with Gasteiger partial charge in [-0.05, 0) is 37.5 Å². The van der Waals surface area contributed by atoms with E-state index in [1.165, 1.54) is 0 Å². The van der Waals surface area contributed by atoms with Crippen molar-refractivity contribution in [3.8, 4) is 0 Å². The number of halogens is 2. The summed E-state index contributed by atoms with van der Waals surface area (Å²) in [6, 6.07) is 7.85. The fourth-order valence-corrected chi connectivity index (χ4v) is 3.11. The predicted molar refractivity (Wildman–Crippen MR) is 88.3 cm³/mol. The molecule has 0 radical (unpaired) electrons. The van der Waals surface area contributed by atoms with Crippen LogP contribution in [0, 0.1) is 0 Å². The molecular weight excluding hydrogens is 309 g/mol. The van der Waals surface area contributed by atoms with Crippen molar-refractivity contribution in [1.29, 1.82) is 0 Å². The molecule has 1 aliphatic carbocycles. The molecular formula is C15H21Cl2N3O. The van der Waals surface area contributed by atoms with Gasteiger partial charge in [0.05, 0.1) is 5.54 Å². The minimum Gasteiger partial charge on any atom is -0.368 e. The van der Waals surface area contributed by atoms with Crippen LogP contribution in [-0.4, -0.2) is 42.5 Å². The molecule has 2 N–H and O–H groups in total. The Bertz CT molecular complexity index is 511. The van der Waals surface area contributed by atoms with E-state index in [1.54, 1.807) is 0 Å². The van der Waals surface area contributed by atoms with E-state index >= 15 is 0 Å². The van der Waals surface area contributed by atoms with Crippen molar-refractivity contribution in [3.63, 3.8) is 0 Å². The molecule has 4 nitrogen and oxygen atoms in total. The van der Waals surface area contributed by atoms with E-state index in [4.69, 9.17) is 17.3 Å². The van der Waals surface area contributed by atoms with Crippen LogP contribution in [0.5, 0.6) is 0 Å². The van der Waals surface area contributed by atoms with Crippen LogP contribution in [0.3, 0.4) is 0 Å². The van der Waals surface area contributed by atoms with Crippen LogP contribution < -0.4 is 10.6 Å². The number of benzene rings is 1. The molecule has 116 valence electrons. The molecule has 0 spiro atoms. The molecule has 1 aromatic carbocycles. The fraction of sp³-hybridized carbons (Fsp3) is 0.533. The topological polar surface area (TPSA) is 49.6 Å². The average Bonchev–Trinajstić information content (AvgIpc) is 2.44. The Morgan fingerprint density at radius 1 is 1.19 bits per heavy atom. The van der Waals surface area contributed by atoms with Crippen molar-refractivity contribution in [1.82, 2.24) is 4.90 Å². The molecule has 1 amide bonds. The number of nitrogens with zero attached hydrogens (tertiary/aromatic N) is 2. The number of hydrogen-bond donors (Lipinski definition) is 1. The van der Waals surface area contributed by atoms with Crippen LogP contribution in [0.1, 0.15) is 19.3 Å². The third kappa shape index (κ3) is 3.28. The van der Waals surface area contributed by atoms with Gasteiger partial charge < -0.3 is 15.5 Å². The van der Waals surface area contributed by atoms with E-state index < -0.39 is 5.54 Å². The molecule has 1 aromatic rings. The Kier molecular flexibility index (Phi) is 5.02. The summed E-state index contributed by atoms with van der Waals surface area (Å²) in [7, 11) is 0. The van der Waals surface area contributed by atoms with Crippen LogP contribution in [0.25, 0.3) is 0 Å². The van der Waals surface area contributed by atoms with Crippen LogP contribution >= 0.6 is 24.0 Å². The van der Waals surface area contributed by atoms with Crippen LogP contribution in [-0.2, 0) is 4.79 Å². The summed E-state index contributed by atoms with van der Waals surface area (Å²) in [5, 5.41) is 0.747. The van der Waals surface area contributed by atoms with Crippen molar-refractivity contribution in [2.24, 2.45) is 5.73 Å². The first-order valence-corrected chi connectivity index (χ1v) is 7.55. The molecule has 0 aromatic heterocycles. The number of carbonyl (C=O) groups is 1. The molecule has 0 bridgehead atoms. The molecule has 1 saturated carbocycles. The minimum atomic E-state index is -0.571. The van der Waals surface area contributed by atoms with Crippen LogP contribution in [0.2, 0.25) is 5.02 Å². The number of nitrogens with two attached hydrogens (primary N) is 1. The van der Waals surface area contributed by atoms with Crippen molar-refractivity contribution < 1.29 is 4.79 Å². The lowest BCUT2D eigenvalue weighted by Crippen LogP contribution is -2.62. The second kappa shape index (κ2) is 6.42. The standard InChI is InChI=1S/C15H20ClN3O.ClH/c16-12-3-1-4-13(11-12)18-7-9-19(10-8-18)14(20)15(17)5-2-6-15;/h1,3-4,11H,2,5-10,17H2;1H. The van der Waals surface area contributed by atoms with E-state index in [1.807, 2.05) is 23.1 Å². The van der Waals surface area contributed by atoms with Gasteiger partial charge in [0.15, 0.2) is 0 Å². The third-order valence-electron chi connectivity index (χ3n) is 4.41. The van der Waals surface area contributed by atoms with Gasteiger partial charge in [-0.15, -0.1) is 12.4 Å². The molecule has 0 atom stereocenters. The number of rotatable bonds is 2. The highest BCUT2D eigenvalue weighted by atomic mass is 35.5. The largest absolute Gasteiger partial charge is 0.368 e. The van der Waals surface area contributed by atoms with Crippen LogP contribution in [0.15, 0.2) is 24.3 Å². The van der Waals surface area contributed by atoms with Gasteiger partial charge in [0.1, 0.15) is 0 Å². The Labute approximate surface area is 136 Å². The molecule has 3 rings (SSSR count). The van der Waals surface area contributed by atoms with Gasteiger partial charge in [0.25, 0.3) is 0 Å². The molecule has 21 heavy (non-hydrogen) atoms. The monoisotopic (exact) mass is 329 g/mol. The summed E-state index contributed by atoms with van der Waals surface area (Å²) in [5.74, 6) is 0.134. The molecule has 2 fully saturated rings. The molecule has 2 aliphatic rings. The van der Waals surface area contributed by atoms with Crippen molar-refractivity contribution in [2.75, 3.05) is 31.1 Å². The average molecular weight is 330 g/mol. The first-order valence-electron chi connectivity index (χ1n) is 7.17. The number of anilines is 1. The van der Waals surface area contributed by atoms with Crippen LogP contribution in [0.4, 0.5) is 5.69 Å². The summed E-state index contributed by atoms with van der Waals surface area (Å²) in [4.78, 5) is 16.5. The zero-order chi connectivity index (χ0) is 14.2. The van der Waals surface area contributed by atoms with E-state index in [0.717, 1.165) is 56.2 Å². The van der Waals surface area contributed by atoms with E-state index in [2.05, 4.69) is 11.0 Å². The second-order valence-corrected chi connectivity index (χ2v) is 6.21. The Hall–Kier alpha value is -0.970. The molecule has 1 saturated heterocycles. The first-order chi connectivity index (χ1) is 9.58. The molecule has 0 unspecified atom stereocenters. The minimum absolute atomic E-state index is 0. The SMILES string of the molecule is Cl.NC1(C(=O)N2CCN(c3cccc(Cl)c3)CC2)CCC1.